The van der Waals surface area contributed by atoms with Gasteiger partial charge in [-0.05, 0) is 47.8 Å². The van der Waals surface area contributed by atoms with Gasteiger partial charge in [-0.1, -0.05) is 0 Å². The highest BCUT2D eigenvalue weighted by molar-refractivity contribution is 9.10. The Bertz CT molecular complexity index is 643. The molecule has 0 spiro atoms. The molecule has 0 atom stereocenters. The molecule has 3 rings (SSSR count). The van der Waals surface area contributed by atoms with Crippen LogP contribution in [-0.2, 0) is 6.54 Å². The largest absolute Gasteiger partial charge is 0.357 e. The number of nitrogens with zero attached hydrogens (tertiary/aromatic N) is 4. The molecule has 0 bridgehead atoms. The maximum absolute atomic E-state index is 4.73. The van der Waals surface area contributed by atoms with Crippen LogP contribution in [0.2, 0.25) is 0 Å². The topological polar surface area (TPSA) is 44.9 Å². The van der Waals surface area contributed by atoms with E-state index in [0.29, 0.717) is 6.54 Å². The Morgan fingerprint density at radius 1 is 1.33 bits per heavy atom. The number of nitrogens with one attached hydrogen (secondary N) is 1. The summed E-state index contributed by atoms with van der Waals surface area (Å²) >= 11 is 3.48. The number of hydrogen-bond acceptors (Lipinski definition) is 2. The zero-order valence-corrected chi connectivity index (χ0v) is 13.8. The number of likely N-dealkylation sites (tertiary alicyclic amines) is 1. The zero-order valence-electron chi connectivity index (χ0n) is 12.2. The second-order valence-electron chi connectivity index (χ2n) is 5.21. The van der Waals surface area contributed by atoms with Crippen LogP contribution < -0.4 is 5.32 Å². The Morgan fingerprint density at radius 2 is 2.14 bits per heavy atom. The summed E-state index contributed by atoms with van der Waals surface area (Å²) in [4.78, 5) is 11.7. The Morgan fingerprint density at radius 3 is 2.90 bits per heavy atom. The minimum Gasteiger partial charge on any atom is -0.357 e. The number of guanidine groups is 1. The average Bonchev–Trinajstić information content (AvgIpc) is 3.12. The first-order chi connectivity index (χ1) is 10.3. The SMILES string of the molecule is CCNC(=NCc1cn2cc(Br)ccc2n1)N1CCCC1. The zero-order chi connectivity index (χ0) is 14.7. The van der Waals surface area contributed by atoms with Gasteiger partial charge < -0.3 is 14.6 Å². The molecular formula is C15H20BrN5. The summed E-state index contributed by atoms with van der Waals surface area (Å²) in [5.41, 5.74) is 1.94. The summed E-state index contributed by atoms with van der Waals surface area (Å²) < 4.78 is 3.07. The molecule has 1 fully saturated rings. The van der Waals surface area contributed by atoms with Crippen molar-refractivity contribution in [2.75, 3.05) is 19.6 Å². The number of halogens is 1. The summed E-state index contributed by atoms with van der Waals surface area (Å²) in [5, 5.41) is 3.37. The van der Waals surface area contributed by atoms with E-state index in [1.54, 1.807) is 0 Å². The maximum atomic E-state index is 4.73. The van der Waals surface area contributed by atoms with Gasteiger partial charge in [0.05, 0.1) is 12.2 Å². The summed E-state index contributed by atoms with van der Waals surface area (Å²) in [7, 11) is 0. The van der Waals surface area contributed by atoms with Gasteiger partial charge in [0.2, 0.25) is 0 Å². The molecule has 0 saturated carbocycles. The summed E-state index contributed by atoms with van der Waals surface area (Å²) in [6.07, 6.45) is 6.57. The van der Waals surface area contributed by atoms with E-state index in [0.717, 1.165) is 41.4 Å². The van der Waals surface area contributed by atoms with Crippen LogP contribution in [0, 0.1) is 0 Å². The Hall–Kier alpha value is -1.56. The van der Waals surface area contributed by atoms with Gasteiger partial charge >= 0.3 is 0 Å². The van der Waals surface area contributed by atoms with Crippen LogP contribution in [0.5, 0.6) is 0 Å². The molecule has 5 nitrogen and oxygen atoms in total. The second-order valence-corrected chi connectivity index (χ2v) is 6.13. The quantitative estimate of drug-likeness (QED) is 0.684. The molecule has 0 unspecified atom stereocenters. The summed E-state index contributed by atoms with van der Waals surface area (Å²) in [6.45, 7) is 5.81. The fourth-order valence-corrected chi connectivity index (χ4v) is 2.96. The molecule has 1 saturated heterocycles. The van der Waals surface area contributed by atoms with Crippen LogP contribution in [0.1, 0.15) is 25.5 Å². The van der Waals surface area contributed by atoms with E-state index in [1.807, 2.05) is 28.9 Å². The lowest BCUT2D eigenvalue weighted by Crippen LogP contribution is -2.39. The van der Waals surface area contributed by atoms with E-state index in [9.17, 15) is 0 Å². The number of aromatic nitrogens is 2. The average molecular weight is 350 g/mol. The molecule has 112 valence electrons. The van der Waals surface area contributed by atoms with E-state index in [2.05, 4.69) is 38.1 Å². The van der Waals surface area contributed by atoms with Crippen LogP contribution in [0.4, 0.5) is 0 Å². The highest BCUT2D eigenvalue weighted by Crippen LogP contribution is 2.13. The van der Waals surface area contributed by atoms with Crippen LogP contribution in [0.15, 0.2) is 34.0 Å². The number of aliphatic imine (C=N–C) groups is 1. The third kappa shape index (κ3) is 3.37. The summed E-state index contributed by atoms with van der Waals surface area (Å²) in [5.74, 6) is 1.01. The van der Waals surface area contributed by atoms with Crippen molar-refractivity contribution < 1.29 is 0 Å². The predicted octanol–water partition coefficient (Wildman–Crippen LogP) is 2.66. The van der Waals surface area contributed by atoms with Crippen LogP contribution >= 0.6 is 15.9 Å². The number of hydrogen-bond donors (Lipinski definition) is 1. The van der Waals surface area contributed by atoms with Gasteiger partial charge in [0.1, 0.15) is 5.65 Å². The molecule has 1 aliphatic heterocycles. The highest BCUT2D eigenvalue weighted by Gasteiger charge is 2.15. The highest BCUT2D eigenvalue weighted by atomic mass is 79.9. The molecule has 21 heavy (non-hydrogen) atoms. The minimum absolute atomic E-state index is 0.609. The van der Waals surface area contributed by atoms with Crippen molar-refractivity contribution in [1.82, 2.24) is 19.6 Å². The number of fused-ring (bicyclic) bond motifs is 1. The number of pyridine rings is 1. The van der Waals surface area contributed by atoms with Crippen molar-refractivity contribution >= 4 is 27.5 Å². The molecule has 2 aromatic heterocycles. The second kappa shape index (κ2) is 6.47. The van der Waals surface area contributed by atoms with E-state index in [-0.39, 0.29) is 0 Å². The number of imidazole rings is 1. The Balaban J connectivity index is 1.77. The Labute approximate surface area is 133 Å². The molecule has 6 heteroatoms. The van der Waals surface area contributed by atoms with Crippen LogP contribution in [0.25, 0.3) is 5.65 Å². The van der Waals surface area contributed by atoms with Gasteiger partial charge in [-0.2, -0.15) is 0 Å². The van der Waals surface area contributed by atoms with E-state index >= 15 is 0 Å². The summed E-state index contributed by atoms with van der Waals surface area (Å²) in [6, 6.07) is 4.01. The lowest BCUT2D eigenvalue weighted by atomic mass is 10.4. The molecular weight excluding hydrogens is 330 g/mol. The van der Waals surface area contributed by atoms with Gasteiger partial charge in [-0.15, -0.1) is 0 Å². The lowest BCUT2D eigenvalue weighted by molar-refractivity contribution is 0.493. The van der Waals surface area contributed by atoms with Crippen molar-refractivity contribution in [3.8, 4) is 0 Å². The minimum atomic E-state index is 0.609. The standard InChI is InChI=1S/C15H20BrN5/c1-2-17-15(20-7-3-4-8-20)18-9-13-11-21-10-12(16)5-6-14(21)19-13/h5-6,10-11H,2-4,7-9H2,1H3,(H,17,18). The molecule has 3 heterocycles. The first-order valence-corrected chi connectivity index (χ1v) is 8.22. The third-order valence-corrected chi connectivity index (χ3v) is 4.07. The fourth-order valence-electron chi connectivity index (χ4n) is 2.60. The first-order valence-electron chi connectivity index (χ1n) is 7.42. The molecule has 1 N–H and O–H groups in total. The molecule has 0 aliphatic carbocycles. The van der Waals surface area contributed by atoms with E-state index in [1.165, 1.54) is 12.8 Å². The van der Waals surface area contributed by atoms with Crippen molar-refractivity contribution in [3.05, 3.63) is 34.7 Å². The van der Waals surface area contributed by atoms with Gasteiger partial charge in [0.15, 0.2) is 5.96 Å². The third-order valence-electron chi connectivity index (χ3n) is 3.60. The molecule has 0 amide bonds. The molecule has 1 aliphatic rings. The Kier molecular flexibility index (Phi) is 4.43. The smallest absolute Gasteiger partial charge is 0.194 e. The molecule has 0 radical (unpaired) electrons. The van der Waals surface area contributed by atoms with Crippen molar-refractivity contribution in [1.29, 1.82) is 0 Å². The van der Waals surface area contributed by atoms with Crippen molar-refractivity contribution in [2.45, 2.75) is 26.3 Å². The molecule has 0 aromatic carbocycles. The molecule has 2 aromatic rings. The maximum Gasteiger partial charge on any atom is 0.194 e. The normalized spacial score (nSPS) is 15.9. The number of rotatable bonds is 3. The monoisotopic (exact) mass is 349 g/mol. The predicted molar refractivity (Wildman–Crippen MR) is 88.5 cm³/mol. The van der Waals surface area contributed by atoms with Crippen molar-refractivity contribution in [2.24, 2.45) is 4.99 Å². The first kappa shape index (κ1) is 14.4. The van der Waals surface area contributed by atoms with E-state index in [4.69, 9.17) is 4.99 Å². The van der Waals surface area contributed by atoms with Gasteiger partial charge in [0.25, 0.3) is 0 Å². The van der Waals surface area contributed by atoms with Crippen molar-refractivity contribution in [3.63, 3.8) is 0 Å². The van der Waals surface area contributed by atoms with Crippen LogP contribution in [0.3, 0.4) is 0 Å². The lowest BCUT2D eigenvalue weighted by Gasteiger charge is -2.20. The van der Waals surface area contributed by atoms with E-state index < -0.39 is 0 Å². The fraction of sp³-hybridized carbons (Fsp3) is 0.467. The van der Waals surface area contributed by atoms with Gasteiger partial charge in [-0.25, -0.2) is 9.98 Å². The van der Waals surface area contributed by atoms with Crippen LogP contribution in [-0.4, -0.2) is 39.9 Å². The van der Waals surface area contributed by atoms with Gasteiger partial charge in [-0.3, -0.25) is 0 Å². The van der Waals surface area contributed by atoms with Gasteiger partial charge in [0, 0.05) is 36.5 Å².